The number of benzene rings is 1. The molecule has 0 bridgehead atoms. The Morgan fingerprint density at radius 3 is 2.77 bits per heavy atom. The van der Waals surface area contributed by atoms with E-state index in [0.717, 1.165) is 25.9 Å². The summed E-state index contributed by atoms with van der Waals surface area (Å²) < 4.78 is 12.3. The van der Waals surface area contributed by atoms with Gasteiger partial charge in [0.2, 0.25) is 5.89 Å². The van der Waals surface area contributed by atoms with E-state index in [9.17, 15) is 4.79 Å². The molecule has 0 amide bonds. The molecule has 1 fully saturated rings. The summed E-state index contributed by atoms with van der Waals surface area (Å²) in [7, 11) is 0. The lowest BCUT2D eigenvalue weighted by Gasteiger charge is -2.30. The van der Waals surface area contributed by atoms with Gasteiger partial charge < -0.3 is 9.15 Å². The molecule has 0 spiro atoms. The van der Waals surface area contributed by atoms with Crippen LogP contribution in [0.25, 0.3) is 11.5 Å². The van der Waals surface area contributed by atoms with Crippen LogP contribution in [0.5, 0.6) is 0 Å². The van der Waals surface area contributed by atoms with E-state index < -0.39 is 0 Å². The highest BCUT2D eigenvalue weighted by molar-refractivity contribution is 7.71. The highest BCUT2D eigenvalue weighted by Gasteiger charge is 2.26. The molecule has 1 aliphatic heterocycles. The number of carbonyl (C=O) groups is 1. The maximum Gasteiger partial charge on any atom is 0.309 e. The Kier molecular flexibility index (Phi) is 6.34. The fourth-order valence-corrected chi connectivity index (χ4v) is 3.59. The topological polar surface area (TPSA) is 60.5 Å². The number of halogens is 2. The normalized spacial score (nSPS) is 16.0. The van der Waals surface area contributed by atoms with Crippen LogP contribution < -0.4 is 0 Å². The maximum absolute atomic E-state index is 11.8. The summed E-state index contributed by atoms with van der Waals surface area (Å²) in [6, 6.07) is 5.11. The van der Waals surface area contributed by atoms with Crippen molar-refractivity contribution in [3.63, 3.8) is 0 Å². The minimum atomic E-state index is -0.107. The lowest BCUT2D eigenvalue weighted by Crippen LogP contribution is -2.38. The lowest BCUT2D eigenvalue weighted by atomic mass is 9.97. The fourth-order valence-electron chi connectivity index (χ4n) is 2.93. The summed E-state index contributed by atoms with van der Waals surface area (Å²) in [5, 5.41) is 5.43. The van der Waals surface area contributed by atoms with Crippen molar-refractivity contribution in [2.45, 2.75) is 26.4 Å². The van der Waals surface area contributed by atoms with E-state index in [1.165, 1.54) is 0 Å². The van der Waals surface area contributed by atoms with Crippen molar-refractivity contribution in [1.82, 2.24) is 14.7 Å². The van der Waals surface area contributed by atoms with Gasteiger partial charge in [-0.2, -0.15) is 0 Å². The number of ether oxygens (including phenoxy) is 1. The molecule has 0 aliphatic carbocycles. The van der Waals surface area contributed by atoms with Crippen LogP contribution in [0.15, 0.2) is 22.6 Å². The standard InChI is InChI=1S/C17H19Cl2N3O3S/c1-2-24-16(23)11-5-7-21(8-6-11)10-22-17(26)25-15(20-22)13-4-3-12(18)9-14(13)19/h3-4,9,11H,2,5-8,10H2,1H3. The predicted molar refractivity (Wildman–Crippen MR) is 102 cm³/mol. The molecule has 1 saturated heterocycles. The number of likely N-dealkylation sites (tertiary alicyclic amines) is 1. The fraction of sp³-hybridized carbons (Fsp3) is 0.471. The van der Waals surface area contributed by atoms with Crippen molar-refractivity contribution in [3.05, 3.63) is 33.1 Å². The molecule has 6 nitrogen and oxygen atoms in total. The zero-order valence-corrected chi connectivity index (χ0v) is 16.6. The van der Waals surface area contributed by atoms with Crippen LogP contribution in [0.2, 0.25) is 10.0 Å². The van der Waals surface area contributed by atoms with Crippen LogP contribution >= 0.6 is 35.4 Å². The number of esters is 1. The van der Waals surface area contributed by atoms with Crippen molar-refractivity contribution < 1.29 is 13.9 Å². The smallest absolute Gasteiger partial charge is 0.309 e. The number of carbonyl (C=O) groups excluding carboxylic acids is 1. The van der Waals surface area contributed by atoms with E-state index in [1.54, 1.807) is 22.9 Å². The third-order valence-electron chi connectivity index (χ3n) is 4.31. The third-order valence-corrected chi connectivity index (χ3v) is 5.15. The van der Waals surface area contributed by atoms with Crippen molar-refractivity contribution in [3.8, 4) is 11.5 Å². The first-order valence-electron chi connectivity index (χ1n) is 8.40. The van der Waals surface area contributed by atoms with Gasteiger partial charge in [0, 0.05) is 18.1 Å². The molecular formula is C17H19Cl2N3O3S. The van der Waals surface area contributed by atoms with Crippen LogP contribution in [0.3, 0.4) is 0 Å². The SMILES string of the molecule is CCOC(=O)C1CCN(Cn2nc(-c3ccc(Cl)cc3Cl)oc2=S)CC1. The number of rotatable bonds is 5. The zero-order chi connectivity index (χ0) is 18.7. The van der Waals surface area contributed by atoms with E-state index in [2.05, 4.69) is 10.00 Å². The van der Waals surface area contributed by atoms with E-state index in [4.69, 9.17) is 44.6 Å². The molecule has 140 valence electrons. The molecule has 1 aromatic heterocycles. The third kappa shape index (κ3) is 4.46. The van der Waals surface area contributed by atoms with Gasteiger partial charge in [-0.05, 0) is 50.2 Å². The van der Waals surface area contributed by atoms with E-state index in [-0.39, 0.29) is 16.7 Å². The largest absolute Gasteiger partial charge is 0.466 e. The number of hydrogen-bond donors (Lipinski definition) is 0. The van der Waals surface area contributed by atoms with Crippen LogP contribution in [0.4, 0.5) is 0 Å². The average Bonchev–Trinajstić information content (AvgIpc) is 2.96. The van der Waals surface area contributed by atoms with Gasteiger partial charge in [0.1, 0.15) is 0 Å². The Morgan fingerprint density at radius 2 is 2.12 bits per heavy atom. The molecule has 0 atom stereocenters. The summed E-state index contributed by atoms with van der Waals surface area (Å²) in [5.74, 6) is 0.225. The quantitative estimate of drug-likeness (QED) is 0.532. The monoisotopic (exact) mass is 415 g/mol. The van der Waals surface area contributed by atoms with E-state index in [1.807, 2.05) is 6.92 Å². The first-order chi connectivity index (χ1) is 12.5. The Bertz CT molecular complexity index is 844. The number of nitrogens with zero attached hydrogens (tertiary/aromatic N) is 3. The second-order valence-corrected chi connectivity index (χ2v) is 7.28. The maximum atomic E-state index is 11.8. The van der Waals surface area contributed by atoms with Crippen molar-refractivity contribution in [2.24, 2.45) is 5.92 Å². The molecule has 1 aliphatic rings. The molecule has 0 N–H and O–H groups in total. The molecule has 1 aromatic carbocycles. The minimum absolute atomic E-state index is 0.0279. The van der Waals surface area contributed by atoms with E-state index in [0.29, 0.717) is 34.8 Å². The summed E-state index contributed by atoms with van der Waals surface area (Å²) in [4.78, 5) is 14.3. The Morgan fingerprint density at radius 1 is 1.38 bits per heavy atom. The molecule has 2 aromatic rings. The summed E-state index contributed by atoms with van der Waals surface area (Å²) in [6.45, 7) is 4.29. The molecule has 0 saturated carbocycles. The number of aromatic nitrogens is 2. The minimum Gasteiger partial charge on any atom is -0.466 e. The second-order valence-electron chi connectivity index (χ2n) is 6.08. The van der Waals surface area contributed by atoms with Gasteiger partial charge in [0.25, 0.3) is 4.84 Å². The van der Waals surface area contributed by atoms with Crippen LogP contribution in [-0.4, -0.2) is 40.3 Å². The molecule has 2 heterocycles. The van der Waals surface area contributed by atoms with Gasteiger partial charge in [0.15, 0.2) is 0 Å². The molecule has 0 radical (unpaired) electrons. The Labute approximate surface area is 166 Å². The summed E-state index contributed by atoms with van der Waals surface area (Å²) in [5.41, 5.74) is 0.641. The molecule has 3 rings (SSSR count). The molecule has 0 unspecified atom stereocenters. The lowest BCUT2D eigenvalue weighted by molar-refractivity contribution is -0.149. The van der Waals surface area contributed by atoms with Gasteiger partial charge in [-0.25, -0.2) is 4.68 Å². The van der Waals surface area contributed by atoms with Gasteiger partial charge in [0.05, 0.1) is 29.8 Å². The Hall–Kier alpha value is -1.41. The van der Waals surface area contributed by atoms with Gasteiger partial charge in [-0.3, -0.25) is 9.69 Å². The van der Waals surface area contributed by atoms with Gasteiger partial charge in [-0.1, -0.05) is 23.2 Å². The van der Waals surface area contributed by atoms with Crippen LogP contribution in [0.1, 0.15) is 19.8 Å². The van der Waals surface area contributed by atoms with Crippen molar-refractivity contribution in [2.75, 3.05) is 19.7 Å². The Balaban J connectivity index is 1.66. The highest BCUT2D eigenvalue weighted by atomic mass is 35.5. The van der Waals surface area contributed by atoms with Gasteiger partial charge in [-0.15, -0.1) is 5.10 Å². The van der Waals surface area contributed by atoms with Crippen LogP contribution in [-0.2, 0) is 16.2 Å². The first kappa shape index (κ1) is 19.4. The highest BCUT2D eigenvalue weighted by Crippen LogP contribution is 2.29. The number of piperidine rings is 1. The summed E-state index contributed by atoms with van der Waals surface area (Å²) in [6.07, 6.45) is 1.53. The number of hydrogen-bond acceptors (Lipinski definition) is 6. The second kappa shape index (κ2) is 8.52. The van der Waals surface area contributed by atoms with Gasteiger partial charge >= 0.3 is 5.97 Å². The van der Waals surface area contributed by atoms with Crippen molar-refractivity contribution in [1.29, 1.82) is 0 Å². The average molecular weight is 416 g/mol. The molecular weight excluding hydrogens is 397 g/mol. The van der Waals surface area contributed by atoms with E-state index >= 15 is 0 Å². The molecule has 9 heteroatoms. The zero-order valence-electron chi connectivity index (χ0n) is 14.3. The van der Waals surface area contributed by atoms with Crippen molar-refractivity contribution >= 4 is 41.4 Å². The summed E-state index contributed by atoms with van der Waals surface area (Å²) >= 11 is 17.4. The molecule has 26 heavy (non-hydrogen) atoms. The first-order valence-corrected chi connectivity index (χ1v) is 9.56. The van der Waals surface area contributed by atoms with Crippen LogP contribution in [0, 0.1) is 10.8 Å². The predicted octanol–water partition coefficient (Wildman–Crippen LogP) is 4.41.